The van der Waals surface area contributed by atoms with Crippen molar-refractivity contribution in [2.75, 3.05) is 6.54 Å². The van der Waals surface area contributed by atoms with Gasteiger partial charge in [0, 0.05) is 6.04 Å². The molecule has 1 fully saturated rings. The summed E-state index contributed by atoms with van der Waals surface area (Å²) in [6, 6.07) is 9.59. The monoisotopic (exact) mass is 285 g/mol. The third-order valence-corrected chi connectivity index (χ3v) is 5.10. The normalized spacial score (nSPS) is 26.6. The first-order valence-corrected chi connectivity index (χ1v) is 8.35. The molecule has 0 bridgehead atoms. The number of hydrogen-bond donors (Lipinski definition) is 1. The molecule has 114 valence electrons. The molecule has 1 N–H and O–H groups in total. The SMILES string of the molecule is CCNC1CCC(C(C)C)CC1n1cnc2ccccc21. The Bertz CT molecular complexity index is 587. The van der Waals surface area contributed by atoms with E-state index in [1.807, 2.05) is 6.33 Å². The van der Waals surface area contributed by atoms with Gasteiger partial charge in [0.25, 0.3) is 0 Å². The van der Waals surface area contributed by atoms with Crippen LogP contribution in [0.15, 0.2) is 30.6 Å². The van der Waals surface area contributed by atoms with Crippen molar-refractivity contribution < 1.29 is 0 Å². The number of nitrogens with zero attached hydrogens (tertiary/aromatic N) is 2. The van der Waals surface area contributed by atoms with E-state index in [1.54, 1.807) is 0 Å². The van der Waals surface area contributed by atoms with Crippen molar-refractivity contribution in [2.45, 2.75) is 52.1 Å². The summed E-state index contributed by atoms with van der Waals surface area (Å²) >= 11 is 0. The number of likely N-dealkylation sites (N-methyl/N-ethyl adjacent to an activating group) is 1. The highest BCUT2D eigenvalue weighted by Crippen LogP contribution is 2.38. The number of hydrogen-bond acceptors (Lipinski definition) is 2. The number of benzene rings is 1. The Morgan fingerprint density at radius 3 is 2.86 bits per heavy atom. The van der Waals surface area contributed by atoms with E-state index in [2.05, 4.69) is 59.9 Å². The molecule has 3 unspecified atom stereocenters. The first-order chi connectivity index (χ1) is 10.2. The van der Waals surface area contributed by atoms with E-state index in [-0.39, 0.29) is 0 Å². The second-order valence-electron chi connectivity index (χ2n) is 6.69. The third kappa shape index (κ3) is 2.84. The van der Waals surface area contributed by atoms with E-state index in [1.165, 1.54) is 24.8 Å². The minimum atomic E-state index is 0.526. The van der Waals surface area contributed by atoms with Crippen LogP contribution < -0.4 is 5.32 Å². The highest BCUT2D eigenvalue weighted by molar-refractivity contribution is 5.75. The van der Waals surface area contributed by atoms with Gasteiger partial charge in [-0.05, 0) is 49.8 Å². The highest BCUT2D eigenvalue weighted by Gasteiger charge is 2.32. The zero-order valence-corrected chi connectivity index (χ0v) is 13.4. The van der Waals surface area contributed by atoms with Crippen LogP contribution in [-0.2, 0) is 0 Å². The van der Waals surface area contributed by atoms with Gasteiger partial charge in [-0.3, -0.25) is 0 Å². The molecule has 3 heteroatoms. The molecule has 0 spiro atoms. The van der Waals surface area contributed by atoms with Crippen LogP contribution in [0.4, 0.5) is 0 Å². The maximum Gasteiger partial charge on any atom is 0.0961 e. The topological polar surface area (TPSA) is 29.9 Å². The molecular formula is C18H27N3. The second kappa shape index (κ2) is 6.18. The molecule has 21 heavy (non-hydrogen) atoms. The van der Waals surface area contributed by atoms with Crippen LogP contribution >= 0.6 is 0 Å². The number of imidazole rings is 1. The smallest absolute Gasteiger partial charge is 0.0961 e. The number of para-hydroxylation sites is 2. The summed E-state index contributed by atoms with van der Waals surface area (Å²) in [7, 11) is 0. The fourth-order valence-corrected chi connectivity index (χ4v) is 3.83. The van der Waals surface area contributed by atoms with Crippen molar-refractivity contribution >= 4 is 11.0 Å². The number of rotatable bonds is 4. The summed E-state index contributed by atoms with van der Waals surface area (Å²) < 4.78 is 2.41. The third-order valence-electron chi connectivity index (χ3n) is 5.10. The summed E-state index contributed by atoms with van der Waals surface area (Å²) in [6.07, 6.45) is 5.92. The van der Waals surface area contributed by atoms with Crippen molar-refractivity contribution in [3.8, 4) is 0 Å². The van der Waals surface area contributed by atoms with Gasteiger partial charge in [-0.2, -0.15) is 0 Å². The maximum atomic E-state index is 4.59. The van der Waals surface area contributed by atoms with Gasteiger partial charge in [0.2, 0.25) is 0 Å². The Labute approximate surface area is 127 Å². The largest absolute Gasteiger partial charge is 0.326 e. The van der Waals surface area contributed by atoms with E-state index < -0.39 is 0 Å². The van der Waals surface area contributed by atoms with Crippen molar-refractivity contribution in [3.63, 3.8) is 0 Å². The van der Waals surface area contributed by atoms with Crippen molar-refractivity contribution in [1.82, 2.24) is 14.9 Å². The average Bonchev–Trinajstić information content (AvgIpc) is 2.91. The van der Waals surface area contributed by atoms with E-state index in [9.17, 15) is 0 Å². The number of aromatic nitrogens is 2. The number of fused-ring (bicyclic) bond motifs is 1. The molecule has 3 rings (SSSR count). The molecule has 3 atom stereocenters. The fourth-order valence-electron chi connectivity index (χ4n) is 3.83. The molecule has 1 saturated carbocycles. The van der Waals surface area contributed by atoms with Gasteiger partial charge in [-0.25, -0.2) is 4.98 Å². The van der Waals surface area contributed by atoms with Crippen molar-refractivity contribution in [2.24, 2.45) is 11.8 Å². The molecule has 2 aromatic rings. The summed E-state index contributed by atoms with van der Waals surface area (Å²) in [4.78, 5) is 4.59. The molecule has 0 saturated heterocycles. The first-order valence-electron chi connectivity index (χ1n) is 8.35. The zero-order valence-electron chi connectivity index (χ0n) is 13.4. The van der Waals surface area contributed by atoms with Gasteiger partial charge < -0.3 is 9.88 Å². The summed E-state index contributed by atoms with van der Waals surface area (Å²) in [5.41, 5.74) is 2.38. The highest BCUT2D eigenvalue weighted by atomic mass is 15.1. The standard InChI is InChI=1S/C18H27N3/c1-4-19-16-10-9-14(13(2)3)11-18(16)21-12-20-15-7-5-6-8-17(15)21/h5-8,12-14,16,18-19H,4,9-11H2,1-3H3. The van der Waals surface area contributed by atoms with Gasteiger partial charge in [0.15, 0.2) is 0 Å². The molecule has 1 aromatic heterocycles. The Morgan fingerprint density at radius 1 is 1.29 bits per heavy atom. The Kier molecular flexibility index (Phi) is 4.29. The van der Waals surface area contributed by atoms with E-state index in [4.69, 9.17) is 0 Å². The van der Waals surface area contributed by atoms with Crippen LogP contribution in [-0.4, -0.2) is 22.1 Å². The van der Waals surface area contributed by atoms with Gasteiger partial charge in [0.1, 0.15) is 0 Å². The molecule has 0 radical (unpaired) electrons. The molecule has 1 aliphatic carbocycles. The first kappa shape index (κ1) is 14.6. The van der Waals surface area contributed by atoms with Gasteiger partial charge in [-0.15, -0.1) is 0 Å². The molecule has 3 nitrogen and oxygen atoms in total. The predicted octanol–water partition coefficient (Wildman–Crippen LogP) is 4.01. The van der Waals surface area contributed by atoms with Crippen LogP contribution in [0.2, 0.25) is 0 Å². The molecule has 1 heterocycles. The Morgan fingerprint density at radius 2 is 2.10 bits per heavy atom. The molecule has 0 amide bonds. The zero-order chi connectivity index (χ0) is 14.8. The van der Waals surface area contributed by atoms with E-state index in [0.29, 0.717) is 12.1 Å². The van der Waals surface area contributed by atoms with Gasteiger partial charge >= 0.3 is 0 Å². The lowest BCUT2D eigenvalue weighted by molar-refractivity contribution is 0.175. The lowest BCUT2D eigenvalue weighted by atomic mass is 9.76. The van der Waals surface area contributed by atoms with Crippen LogP contribution in [0.5, 0.6) is 0 Å². The van der Waals surface area contributed by atoms with Crippen molar-refractivity contribution in [3.05, 3.63) is 30.6 Å². The van der Waals surface area contributed by atoms with Gasteiger partial charge in [0.05, 0.1) is 23.4 Å². The molecule has 0 aliphatic heterocycles. The fraction of sp³-hybridized carbons (Fsp3) is 0.611. The summed E-state index contributed by atoms with van der Waals surface area (Å²) in [5.74, 6) is 1.59. The average molecular weight is 285 g/mol. The Hall–Kier alpha value is -1.35. The quantitative estimate of drug-likeness (QED) is 0.919. The lowest BCUT2D eigenvalue weighted by Gasteiger charge is -2.39. The second-order valence-corrected chi connectivity index (χ2v) is 6.69. The van der Waals surface area contributed by atoms with Crippen molar-refractivity contribution in [1.29, 1.82) is 0 Å². The molecular weight excluding hydrogens is 258 g/mol. The van der Waals surface area contributed by atoms with E-state index in [0.717, 1.165) is 23.9 Å². The van der Waals surface area contributed by atoms with Gasteiger partial charge in [-0.1, -0.05) is 32.9 Å². The van der Waals surface area contributed by atoms with E-state index >= 15 is 0 Å². The molecule has 1 aromatic carbocycles. The predicted molar refractivity (Wildman–Crippen MR) is 88.4 cm³/mol. The van der Waals surface area contributed by atoms with Crippen LogP contribution in [0.25, 0.3) is 11.0 Å². The number of nitrogens with one attached hydrogen (secondary N) is 1. The van der Waals surface area contributed by atoms with Crippen LogP contribution in [0, 0.1) is 11.8 Å². The summed E-state index contributed by atoms with van der Waals surface area (Å²) in [6.45, 7) is 7.97. The minimum Gasteiger partial charge on any atom is -0.326 e. The summed E-state index contributed by atoms with van der Waals surface area (Å²) in [5, 5.41) is 3.70. The maximum absolute atomic E-state index is 4.59. The lowest BCUT2D eigenvalue weighted by Crippen LogP contribution is -2.42. The molecule has 1 aliphatic rings. The minimum absolute atomic E-state index is 0.526. The Balaban J connectivity index is 1.94. The van der Waals surface area contributed by atoms with Crippen LogP contribution in [0.3, 0.4) is 0 Å². The van der Waals surface area contributed by atoms with Crippen LogP contribution in [0.1, 0.15) is 46.1 Å².